The number of ether oxygens (including phenoxy) is 2. The second-order valence-electron chi connectivity index (χ2n) is 4.84. The van der Waals surface area contributed by atoms with Crippen LogP contribution in [0.3, 0.4) is 0 Å². The van der Waals surface area contributed by atoms with E-state index in [-0.39, 0.29) is 5.91 Å². The molecule has 0 atom stereocenters. The SMILES string of the molecule is CCOc1ccc(NC(=O)CSCCOc2ccccc2Cl)cc1. The summed E-state index contributed by atoms with van der Waals surface area (Å²) in [6.07, 6.45) is 0. The highest BCUT2D eigenvalue weighted by molar-refractivity contribution is 7.99. The van der Waals surface area contributed by atoms with Gasteiger partial charge < -0.3 is 14.8 Å². The van der Waals surface area contributed by atoms with Crippen molar-refractivity contribution in [1.29, 1.82) is 0 Å². The summed E-state index contributed by atoms with van der Waals surface area (Å²) in [7, 11) is 0. The van der Waals surface area contributed by atoms with Crippen LogP contribution in [0.1, 0.15) is 6.92 Å². The van der Waals surface area contributed by atoms with Crippen LogP contribution in [0.5, 0.6) is 11.5 Å². The third-order valence-electron chi connectivity index (χ3n) is 3.00. The molecular formula is C18H20ClNO3S. The molecule has 0 spiro atoms. The van der Waals surface area contributed by atoms with Crippen molar-refractivity contribution in [3.8, 4) is 11.5 Å². The number of anilines is 1. The lowest BCUT2D eigenvalue weighted by Crippen LogP contribution is -2.15. The maximum absolute atomic E-state index is 11.9. The lowest BCUT2D eigenvalue weighted by molar-refractivity contribution is -0.113. The van der Waals surface area contributed by atoms with Gasteiger partial charge in [0.25, 0.3) is 0 Å². The zero-order valence-electron chi connectivity index (χ0n) is 13.5. The fraction of sp³-hybridized carbons (Fsp3) is 0.278. The molecule has 4 nitrogen and oxygen atoms in total. The topological polar surface area (TPSA) is 47.6 Å². The van der Waals surface area contributed by atoms with E-state index in [0.29, 0.717) is 35.5 Å². The van der Waals surface area contributed by atoms with Gasteiger partial charge in [0.15, 0.2) is 0 Å². The number of thioether (sulfide) groups is 1. The molecule has 2 rings (SSSR count). The van der Waals surface area contributed by atoms with Crippen LogP contribution in [0.25, 0.3) is 0 Å². The highest BCUT2D eigenvalue weighted by Gasteiger charge is 2.04. The van der Waals surface area contributed by atoms with Crippen molar-refractivity contribution in [3.63, 3.8) is 0 Å². The Balaban J connectivity index is 1.63. The number of nitrogens with one attached hydrogen (secondary N) is 1. The average molecular weight is 366 g/mol. The Morgan fingerprint density at radius 2 is 1.88 bits per heavy atom. The van der Waals surface area contributed by atoms with Gasteiger partial charge in [-0.05, 0) is 43.3 Å². The van der Waals surface area contributed by atoms with E-state index in [4.69, 9.17) is 21.1 Å². The number of rotatable bonds is 9. The van der Waals surface area contributed by atoms with Gasteiger partial charge in [-0.25, -0.2) is 0 Å². The minimum absolute atomic E-state index is 0.0399. The Morgan fingerprint density at radius 3 is 2.58 bits per heavy atom. The van der Waals surface area contributed by atoms with E-state index < -0.39 is 0 Å². The van der Waals surface area contributed by atoms with Crippen molar-refractivity contribution in [1.82, 2.24) is 0 Å². The third-order valence-corrected chi connectivity index (χ3v) is 4.24. The Morgan fingerprint density at radius 1 is 1.12 bits per heavy atom. The van der Waals surface area contributed by atoms with Crippen LogP contribution >= 0.6 is 23.4 Å². The molecular weight excluding hydrogens is 346 g/mol. The molecule has 2 aromatic carbocycles. The molecule has 0 fully saturated rings. The van der Waals surface area contributed by atoms with E-state index in [1.165, 1.54) is 11.8 Å². The van der Waals surface area contributed by atoms with Crippen LogP contribution in [0.2, 0.25) is 5.02 Å². The molecule has 0 aromatic heterocycles. The highest BCUT2D eigenvalue weighted by atomic mass is 35.5. The summed E-state index contributed by atoms with van der Waals surface area (Å²) in [6, 6.07) is 14.7. The van der Waals surface area contributed by atoms with E-state index in [9.17, 15) is 4.79 Å². The van der Waals surface area contributed by atoms with Crippen molar-refractivity contribution < 1.29 is 14.3 Å². The Kier molecular flexibility index (Phi) is 7.79. The molecule has 0 bridgehead atoms. The average Bonchev–Trinajstić information content (AvgIpc) is 2.58. The van der Waals surface area contributed by atoms with Crippen molar-refractivity contribution >= 4 is 35.0 Å². The Hall–Kier alpha value is -1.85. The molecule has 0 heterocycles. The number of amides is 1. The molecule has 0 saturated carbocycles. The summed E-state index contributed by atoms with van der Waals surface area (Å²) in [5.74, 6) is 2.50. The smallest absolute Gasteiger partial charge is 0.234 e. The van der Waals surface area contributed by atoms with Crippen LogP contribution in [0, 0.1) is 0 Å². The van der Waals surface area contributed by atoms with E-state index in [1.54, 1.807) is 6.07 Å². The van der Waals surface area contributed by atoms with E-state index in [0.717, 1.165) is 11.4 Å². The largest absolute Gasteiger partial charge is 0.494 e. The van der Waals surface area contributed by atoms with Crippen LogP contribution in [-0.4, -0.2) is 30.6 Å². The fourth-order valence-corrected chi connectivity index (χ4v) is 2.73. The number of para-hydroxylation sites is 1. The molecule has 2 aromatic rings. The summed E-state index contributed by atoms with van der Waals surface area (Å²) >= 11 is 7.52. The van der Waals surface area contributed by atoms with Gasteiger partial charge in [-0.15, -0.1) is 11.8 Å². The second kappa shape index (κ2) is 10.1. The van der Waals surface area contributed by atoms with Gasteiger partial charge in [0.05, 0.1) is 24.0 Å². The van der Waals surface area contributed by atoms with Crippen molar-refractivity contribution in [2.24, 2.45) is 0 Å². The molecule has 0 unspecified atom stereocenters. The maximum Gasteiger partial charge on any atom is 0.234 e. The first-order chi connectivity index (χ1) is 11.7. The van der Waals surface area contributed by atoms with Gasteiger partial charge in [0.1, 0.15) is 11.5 Å². The number of benzene rings is 2. The number of carbonyl (C=O) groups is 1. The molecule has 1 amide bonds. The lowest BCUT2D eigenvalue weighted by atomic mass is 10.3. The third kappa shape index (κ3) is 6.34. The fourth-order valence-electron chi connectivity index (χ4n) is 1.94. The van der Waals surface area contributed by atoms with Gasteiger partial charge in [0.2, 0.25) is 5.91 Å². The van der Waals surface area contributed by atoms with E-state index >= 15 is 0 Å². The minimum Gasteiger partial charge on any atom is -0.494 e. The van der Waals surface area contributed by atoms with Gasteiger partial charge in [-0.1, -0.05) is 23.7 Å². The van der Waals surface area contributed by atoms with Crippen LogP contribution in [0.4, 0.5) is 5.69 Å². The molecule has 1 N–H and O–H groups in total. The zero-order valence-corrected chi connectivity index (χ0v) is 15.0. The minimum atomic E-state index is -0.0399. The zero-order chi connectivity index (χ0) is 17.2. The molecule has 0 radical (unpaired) electrons. The lowest BCUT2D eigenvalue weighted by Gasteiger charge is -2.08. The van der Waals surface area contributed by atoms with Crippen molar-refractivity contribution in [3.05, 3.63) is 53.6 Å². The van der Waals surface area contributed by atoms with Crippen molar-refractivity contribution in [2.75, 3.05) is 30.0 Å². The van der Waals surface area contributed by atoms with Crippen LogP contribution in [0.15, 0.2) is 48.5 Å². The number of hydrogen-bond acceptors (Lipinski definition) is 4. The predicted molar refractivity (Wildman–Crippen MR) is 101 cm³/mol. The molecule has 128 valence electrons. The molecule has 0 saturated heterocycles. The normalized spacial score (nSPS) is 10.2. The van der Waals surface area contributed by atoms with Gasteiger partial charge >= 0.3 is 0 Å². The summed E-state index contributed by atoms with van der Waals surface area (Å²) in [4.78, 5) is 11.9. The van der Waals surface area contributed by atoms with Gasteiger partial charge in [0, 0.05) is 11.4 Å². The monoisotopic (exact) mass is 365 g/mol. The second-order valence-corrected chi connectivity index (χ2v) is 6.35. The van der Waals surface area contributed by atoms with E-state index in [2.05, 4.69) is 5.32 Å². The number of carbonyl (C=O) groups excluding carboxylic acids is 1. The number of hydrogen-bond donors (Lipinski definition) is 1. The predicted octanol–water partition coefficient (Wildman–Crippen LogP) is 4.49. The first kappa shape index (κ1) is 18.5. The molecule has 0 aliphatic heterocycles. The number of halogens is 1. The Bertz CT molecular complexity index is 649. The standard InChI is InChI=1S/C18H20ClNO3S/c1-2-22-15-9-7-14(8-10-15)20-18(21)13-24-12-11-23-17-6-4-3-5-16(17)19/h3-10H,2,11-13H2,1H3,(H,20,21). The molecule has 24 heavy (non-hydrogen) atoms. The maximum atomic E-state index is 11.9. The Labute approximate surface area is 151 Å². The van der Waals surface area contributed by atoms with E-state index in [1.807, 2.05) is 49.4 Å². The van der Waals surface area contributed by atoms with Crippen molar-refractivity contribution in [2.45, 2.75) is 6.92 Å². The summed E-state index contributed by atoms with van der Waals surface area (Å²) in [5, 5.41) is 3.44. The highest BCUT2D eigenvalue weighted by Crippen LogP contribution is 2.23. The van der Waals surface area contributed by atoms with Crippen LogP contribution in [-0.2, 0) is 4.79 Å². The van der Waals surface area contributed by atoms with Gasteiger partial charge in [-0.3, -0.25) is 4.79 Å². The summed E-state index contributed by atoms with van der Waals surface area (Å²) in [6.45, 7) is 3.06. The molecule has 6 heteroatoms. The first-order valence-corrected chi connectivity index (χ1v) is 9.20. The van der Waals surface area contributed by atoms with Gasteiger partial charge in [-0.2, -0.15) is 0 Å². The molecule has 0 aliphatic rings. The quantitative estimate of drug-likeness (QED) is 0.665. The van der Waals surface area contributed by atoms with Crippen LogP contribution < -0.4 is 14.8 Å². The summed E-state index contributed by atoms with van der Waals surface area (Å²) < 4.78 is 10.9. The summed E-state index contributed by atoms with van der Waals surface area (Å²) in [5.41, 5.74) is 0.761. The molecule has 0 aliphatic carbocycles. The first-order valence-electron chi connectivity index (χ1n) is 7.67.